The first-order valence-corrected chi connectivity index (χ1v) is 6.12. The van der Waals surface area contributed by atoms with Gasteiger partial charge in [-0.15, -0.1) is 0 Å². The Hall–Kier alpha value is -1.00. The number of hydrogen-bond acceptors (Lipinski definition) is 4. The second kappa shape index (κ2) is 4.47. The van der Waals surface area contributed by atoms with Gasteiger partial charge in [-0.1, -0.05) is 0 Å². The monoisotopic (exact) mass is 218 g/mol. The van der Waals surface area contributed by atoms with Crippen LogP contribution in [0.2, 0.25) is 0 Å². The molecule has 0 saturated carbocycles. The fourth-order valence-corrected chi connectivity index (χ4v) is 2.88. The Balaban J connectivity index is 1.55. The summed E-state index contributed by atoms with van der Waals surface area (Å²) in [7, 11) is 0. The van der Waals surface area contributed by atoms with Crippen molar-refractivity contribution in [3.05, 3.63) is 24.3 Å². The van der Waals surface area contributed by atoms with E-state index in [9.17, 15) is 0 Å². The lowest BCUT2D eigenvalue weighted by Crippen LogP contribution is -2.43. The molecule has 4 heteroatoms. The molecule has 3 unspecified atom stereocenters. The van der Waals surface area contributed by atoms with E-state index in [4.69, 9.17) is 0 Å². The van der Waals surface area contributed by atoms with Gasteiger partial charge in [-0.3, -0.25) is 0 Å². The molecular formula is C12H18N4. The van der Waals surface area contributed by atoms with E-state index >= 15 is 0 Å². The normalized spacial score (nSPS) is 32.9. The van der Waals surface area contributed by atoms with Crippen molar-refractivity contribution in [2.75, 3.05) is 19.6 Å². The van der Waals surface area contributed by atoms with Gasteiger partial charge in [0.05, 0.1) is 5.69 Å². The topological polar surface area (TPSA) is 41.0 Å². The summed E-state index contributed by atoms with van der Waals surface area (Å²) in [4.78, 5) is 10.7. The van der Waals surface area contributed by atoms with Gasteiger partial charge in [0.2, 0.25) is 0 Å². The first-order valence-electron chi connectivity index (χ1n) is 6.12. The van der Waals surface area contributed by atoms with Crippen LogP contribution in [0.3, 0.4) is 0 Å². The first-order chi connectivity index (χ1) is 7.92. The van der Waals surface area contributed by atoms with E-state index in [1.165, 1.54) is 32.5 Å². The molecule has 16 heavy (non-hydrogen) atoms. The van der Waals surface area contributed by atoms with Crippen LogP contribution in [0, 0.1) is 5.92 Å². The number of fused-ring (bicyclic) bond motifs is 2. The van der Waals surface area contributed by atoms with Gasteiger partial charge in [0.25, 0.3) is 0 Å². The van der Waals surface area contributed by atoms with E-state index in [2.05, 4.69) is 20.2 Å². The molecular weight excluding hydrogens is 200 g/mol. The Morgan fingerprint density at radius 1 is 1.38 bits per heavy atom. The fourth-order valence-electron chi connectivity index (χ4n) is 2.88. The molecule has 0 radical (unpaired) electrons. The van der Waals surface area contributed by atoms with E-state index in [1.807, 2.05) is 12.3 Å². The maximum absolute atomic E-state index is 4.24. The van der Waals surface area contributed by atoms with Crippen molar-refractivity contribution in [2.45, 2.75) is 25.4 Å². The number of hydrogen-bond donors (Lipinski definition) is 1. The highest BCUT2D eigenvalue weighted by Gasteiger charge is 2.33. The fraction of sp³-hybridized carbons (Fsp3) is 0.667. The number of aromatic nitrogens is 2. The lowest BCUT2D eigenvalue weighted by Gasteiger charge is -2.31. The van der Waals surface area contributed by atoms with Crippen molar-refractivity contribution in [1.29, 1.82) is 0 Å². The quantitative estimate of drug-likeness (QED) is 0.809. The molecule has 3 heterocycles. The minimum Gasteiger partial charge on any atom is -0.308 e. The SMILES string of the molecule is c1cc(CNC2CCN3CCC2C3)ncn1. The number of nitrogens with one attached hydrogen (secondary N) is 1. The van der Waals surface area contributed by atoms with Crippen molar-refractivity contribution >= 4 is 0 Å². The van der Waals surface area contributed by atoms with Crippen LogP contribution in [-0.4, -0.2) is 40.5 Å². The summed E-state index contributed by atoms with van der Waals surface area (Å²) in [5, 5.41) is 3.65. The van der Waals surface area contributed by atoms with Crippen LogP contribution in [0.4, 0.5) is 0 Å². The summed E-state index contributed by atoms with van der Waals surface area (Å²) in [5.41, 5.74) is 1.09. The average molecular weight is 218 g/mol. The molecule has 0 aliphatic carbocycles. The molecule has 1 N–H and O–H groups in total. The lowest BCUT2D eigenvalue weighted by atomic mass is 9.94. The molecule has 2 bridgehead atoms. The van der Waals surface area contributed by atoms with Gasteiger partial charge in [0, 0.05) is 25.3 Å². The highest BCUT2D eigenvalue weighted by molar-refractivity contribution is 4.99. The molecule has 0 spiro atoms. The van der Waals surface area contributed by atoms with Gasteiger partial charge in [-0.25, -0.2) is 9.97 Å². The lowest BCUT2D eigenvalue weighted by molar-refractivity contribution is 0.220. The second-order valence-electron chi connectivity index (χ2n) is 4.83. The third-order valence-electron chi connectivity index (χ3n) is 3.82. The van der Waals surface area contributed by atoms with Crippen LogP contribution in [0.15, 0.2) is 18.6 Å². The predicted molar refractivity (Wildman–Crippen MR) is 61.8 cm³/mol. The van der Waals surface area contributed by atoms with E-state index in [1.54, 1.807) is 6.33 Å². The molecule has 2 fully saturated rings. The summed E-state index contributed by atoms with van der Waals surface area (Å²) in [6.45, 7) is 4.74. The molecule has 3 atom stereocenters. The van der Waals surface area contributed by atoms with Gasteiger partial charge < -0.3 is 10.2 Å². The molecule has 2 aliphatic rings. The van der Waals surface area contributed by atoms with Gasteiger partial charge in [0.15, 0.2) is 0 Å². The Bertz CT molecular complexity index is 340. The zero-order valence-electron chi connectivity index (χ0n) is 9.47. The van der Waals surface area contributed by atoms with Gasteiger partial charge in [-0.05, 0) is 37.9 Å². The largest absolute Gasteiger partial charge is 0.308 e. The minimum absolute atomic E-state index is 0.689. The summed E-state index contributed by atoms with van der Waals surface area (Å²) < 4.78 is 0. The third-order valence-corrected chi connectivity index (χ3v) is 3.82. The first kappa shape index (κ1) is 10.2. The molecule has 4 nitrogen and oxygen atoms in total. The van der Waals surface area contributed by atoms with E-state index < -0.39 is 0 Å². The van der Waals surface area contributed by atoms with Crippen molar-refractivity contribution in [1.82, 2.24) is 20.2 Å². The van der Waals surface area contributed by atoms with Crippen LogP contribution in [-0.2, 0) is 6.54 Å². The van der Waals surface area contributed by atoms with Crippen LogP contribution in [0.25, 0.3) is 0 Å². The molecule has 0 amide bonds. The van der Waals surface area contributed by atoms with Gasteiger partial charge >= 0.3 is 0 Å². The molecule has 2 saturated heterocycles. The molecule has 86 valence electrons. The molecule has 2 aliphatic heterocycles. The standard InChI is InChI=1S/C12H18N4/c1-4-13-9-15-11(1)7-14-12-3-6-16-5-2-10(12)8-16/h1,4,9-10,12,14H,2-3,5-8H2. The number of nitrogens with zero attached hydrogens (tertiary/aromatic N) is 3. The number of piperidine rings is 1. The Kier molecular flexibility index (Phi) is 2.84. The third kappa shape index (κ3) is 2.08. The molecule has 3 rings (SSSR count). The van der Waals surface area contributed by atoms with Crippen LogP contribution in [0.1, 0.15) is 18.5 Å². The van der Waals surface area contributed by atoms with Crippen molar-refractivity contribution in [2.24, 2.45) is 5.92 Å². The van der Waals surface area contributed by atoms with Crippen molar-refractivity contribution in [3.63, 3.8) is 0 Å². The Morgan fingerprint density at radius 3 is 3.19 bits per heavy atom. The van der Waals surface area contributed by atoms with E-state index in [-0.39, 0.29) is 0 Å². The molecule has 1 aromatic heterocycles. The maximum atomic E-state index is 4.24. The highest BCUT2D eigenvalue weighted by atomic mass is 15.2. The summed E-state index contributed by atoms with van der Waals surface area (Å²) in [5.74, 6) is 0.857. The highest BCUT2D eigenvalue weighted by Crippen LogP contribution is 2.27. The van der Waals surface area contributed by atoms with Gasteiger partial charge in [0.1, 0.15) is 6.33 Å². The minimum atomic E-state index is 0.689. The predicted octanol–water partition coefficient (Wildman–Crippen LogP) is 0.660. The van der Waals surface area contributed by atoms with Crippen LogP contribution < -0.4 is 5.32 Å². The van der Waals surface area contributed by atoms with E-state index in [0.29, 0.717) is 6.04 Å². The number of rotatable bonds is 3. The zero-order valence-corrected chi connectivity index (χ0v) is 9.47. The molecule has 0 aromatic carbocycles. The summed E-state index contributed by atoms with van der Waals surface area (Å²) in [6, 6.07) is 2.67. The van der Waals surface area contributed by atoms with E-state index in [0.717, 1.165) is 18.2 Å². The Morgan fingerprint density at radius 2 is 2.31 bits per heavy atom. The maximum Gasteiger partial charge on any atom is 0.115 e. The smallest absolute Gasteiger partial charge is 0.115 e. The van der Waals surface area contributed by atoms with Crippen molar-refractivity contribution < 1.29 is 0 Å². The van der Waals surface area contributed by atoms with Crippen molar-refractivity contribution in [3.8, 4) is 0 Å². The van der Waals surface area contributed by atoms with Gasteiger partial charge in [-0.2, -0.15) is 0 Å². The van der Waals surface area contributed by atoms with Crippen LogP contribution in [0.5, 0.6) is 0 Å². The van der Waals surface area contributed by atoms with Crippen LogP contribution >= 0.6 is 0 Å². The Labute approximate surface area is 96.1 Å². The second-order valence-corrected chi connectivity index (χ2v) is 4.83. The zero-order chi connectivity index (χ0) is 10.8. The average Bonchev–Trinajstić information content (AvgIpc) is 2.72. The summed E-state index contributed by atoms with van der Waals surface area (Å²) >= 11 is 0. The molecule has 1 aromatic rings. The summed E-state index contributed by atoms with van der Waals surface area (Å²) in [6.07, 6.45) is 6.08.